The highest BCUT2D eigenvalue weighted by Gasteiger charge is 2.13. The molecule has 17 heavy (non-hydrogen) atoms. The van der Waals surface area contributed by atoms with Crippen LogP contribution in [0.3, 0.4) is 0 Å². The van der Waals surface area contributed by atoms with E-state index in [9.17, 15) is 4.79 Å². The van der Waals surface area contributed by atoms with Crippen molar-refractivity contribution in [2.45, 2.75) is 26.2 Å². The Balaban J connectivity index is 2.66. The van der Waals surface area contributed by atoms with Gasteiger partial charge in [0.15, 0.2) is 0 Å². The first kappa shape index (κ1) is 13.7. The third-order valence-electron chi connectivity index (χ3n) is 2.49. The number of carbonyl (C=O) groups is 1. The molecule has 1 aromatic carbocycles. The summed E-state index contributed by atoms with van der Waals surface area (Å²) in [5.74, 6) is 0.0125. The van der Waals surface area contributed by atoms with E-state index in [2.05, 4.69) is 38.2 Å². The van der Waals surface area contributed by atoms with Crippen LogP contribution in [0, 0.1) is 0 Å². The maximum Gasteiger partial charge on any atom is 0.238 e. The summed E-state index contributed by atoms with van der Waals surface area (Å²) in [7, 11) is 3.75. The fourth-order valence-corrected chi connectivity index (χ4v) is 1.54. The van der Waals surface area contributed by atoms with Gasteiger partial charge in [-0.3, -0.25) is 4.79 Å². The van der Waals surface area contributed by atoms with Gasteiger partial charge in [-0.05, 0) is 37.2 Å². The Kier molecular flexibility index (Phi) is 4.29. The zero-order valence-electron chi connectivity index (χ0n) is 11.4. The number of carbonyl (C=O) groups excluding carboxylic acids is 1. The van der Waals surface area contributed by atoms with Crippen LogP contribution in [-0.4, -0.2) is 31.4 Å². The molecular formula is C14H22N2O. The average Bonchev–Trinajstić information content (AvgIpc) is 2.15. The third kappa shape index (κ3) is 4.57. The molecule has 1 N–H and O–H groups in total. The molecule has 0 heterocycles. The van der Waals surface area contributed by atoms with Gasteiger partial charge in [-0.1, -0.05) is 32.9 Å². The number of likely N-dealkylation sites (N-methyl/N-ethyl adjacent to an activating group) is 1. The molecule has 3 heteroatoms. The molecule has 1 amide bonds. The van der Waals surface area contributed by atoms with Crippen LogP contribution in [0.25, 0.3) is 0 Å². The Morgan fingerprint density at radius 1 is 1.18 bits per heavy atom. The highest BCUT2D eigenvalue weighted by atomic mass is 16.2. The fraction of sp³-hybridized carbons (Fsp3) is 0.500. The van der Waals surface area contributed by atoms with Gasteiger partial charge in [0, 0.05) is 5.69 Å². The Labute approximate surface area is 104 Å². The summed E-state index contributed by atoms with van der Waals surface area (Å²) in [6, 6.07) is 8.03. The highest BCUT2D eigenvalue weighted by molar-refractivity contribution is 5.92. The van der Waals surface area contributed by atoms with E-state index in [4.69, 9.17) is 0 Å². The second-order valence-corrected chi connectivity index (χ2v) is 5.61. The maximum atomic E-state index is 11.6. The molecule has 3 nitrogen and oxygen atoms in total. The quantitative estimate of drug-likeness (QED) is 0.871. The van der Waals surface area contributed by atoms with Crippen LogP contribution < -0.4 is 5.32 Å². The molecular weight excluding hydrogens is 212 g/mol. The molecule has 1 aromatic rings. The van der Waals surface area contributed by atoms with Gasteiger partial charge in [0.1, 0.15) is 0 Å². The first-order valence-corrected chi connectivity index (χ1v) is 5.84. The minimum Gasteiger partial charge on any atom is -0.325 e. The van der Waals surface area contributed by atoms with Crippen molar-refractivity contribution in [2.24, 2.45) is 0 Å². The summed E-state index contributed by atoms with van der Waals surface area (Å²) in [6.45, 7) is 6.92. The summed E-state index contributed by atoms with van der Waals surface area (Å²) < 4.78 is 0. The number of anilines is 1. The predicted octanol–water partition coefficient (Wildman–Crippen LogP) is 2.48. The van der Waals surface area contributed by atoms with Crippen molar-refractivity contribution in [3.05, 3.63) is 29.8 Å². The van der Waals surface area contributed by atoms with Crippen LogP contribution in [0.1, 0.15) is 26.3 Å². The Bertz CT molecular complexity index is 374. The first-order chi connectivity index (χ1) is 7.79. The molecule has 0 aliphatic heterocycles. The Hall–Kier alpha value is -1.35. The topological polar surface area (TPSA) is 32.3 Å². The number of hydrogen-bond donors (Lipinski definition) is 1. The summed E-state index contributed by atoms with van der Waals surface area (Å²) in [5.41, 5.74) is 2.26. The van der Waals surface area contributed by atoms with Crippen LogP contribution in [0.2, 0.25) is 0 Å². The largest absolute Gasteiger partial charge is 0.325 e. The van der Waals surface area contributed by atoms with Gasteiger partial charge >= 0.3 is 0 Å². The molecule has 94 valence electrons. The van der Waals surface area contributed by atoms with Crippen molar-refractivity contribution in [1.82, 2.24) is 4.90 Å². The van der Waals surface area contributed by atoms with Crippen molar-refractivity contribution in [3.8, 4) is 0 Å². The molecule has 0 aliphatic carbocycles. The minimum absolute atomic E-state index is 0.0125. The SMILES string of the molecule is CN(C)CC(=O)Nc1ccc(C(C)(C)C)cc1. The number of benzene rings is 1. The van der Waals surface area contributed by atoms with E-state index in [-0.39, 0.29) is 11.3 Å². The lowest BCUT2D eigenvalue weighted by Crippen LogP contribution is -2.27. The van der Waals surface area contributed by atoms with Gasteiger partial charge in [-0.15, -0.1) is 0 Å². The Morgan fingerprint density at radius 2 is 1.71 bits per heavy atom. The Morgan fingerprint density at radius 3 is 2.12 bits per heavy atom. The van der Waals surface area contributed by atoms with Gasteiger partial charge < -0.3 is 10.2 Å². The zero-order chi connectivity index (χ0) is 13.1. The molecule has 0 fully saturated rings. The molecule has 0 aromatic heterocycles. The number of rotatable bonds is 3. The van der Waals surface area contributed by atoms with Crippen molar-refractivity contribution >= 4 is 11.6 Å². The van der Waals surface area contributed by atoms with E-state index in [0.29, 0.717) is 6.54 Å². The average molecular weight is 234 g/mol. The lowest BCUT2D eigenvalue weighted by molar-refractivity contribution is -0.116. The summed E-state index contributed by atoms with van der Waals surface area (Å²) in [4.78, 5) is 13.4. The van der Waals surface area contributed by atoms with E-state index in [1.165, 1.54) is 5.56 Å². The van der Waals surface area contributed by atoms with Crippen LogP contribution in [0.4, 0.5) is 5.69 Å². The number of nitrogens with one attached hydrogen (secondary N) is 1. The monoisotopic (exact) mass is 234 g/mol. The van der Waals surface area contributed by atoms with E-state index >= 15 is 0 Å². The van der Waals surface area contributed by atoms with Gasteiger partial charge in [-0.25, -0.2) is 0 Å². The second-order valence-electron chi connectivity index (χ2n) is 5.61. The van der Waals surface area contributed by atoms with Gasteiger partial charge in [0.2, 0.25) is 5.91 Å². The highest BCUT2D eigenvalue weighted by Crippen LogP contribution is 2.23. The summed E-state index contributed by atoms with van der Waals surface area (Å²) in [5, 5.41) is 2.87. The third-order valence-corrected chi connectivity index (χ3v) is 2.49. The lowest BCUT2D eigenvalue weighted by atomic mass is 9.87. The second kappa shape index (κ2) is 5.32. The zero-order valence-corrected chi connectivity index (χ0v) is 11.4. The summed E-state index contributed by atoms with van der Waals surface area (Å²) >= 11 is 0. The number of nitrogens with zero attached hydrogens (tertiary/aromatic N) is 1. The molecule has 0 radical (unpaired) electrons. The maximum absolute atomic E-state index is 11.6. The van der Waals surface area contributed by atoms with E-state index in [1.54, 1.807) is 0 Å². The van der Waals surface area contributed by atoms with Gasteiger partial charge in [0.25, 0.3) is 0 Å². The predicted molar refractivity (Wildman–Crippen MR) is 72.3 cm³/mol. The lowest BCUT2D eigenvalue weighted by Gasteiger charge is -2.19. The molecule has 0 spiro atoms. The van der Waals surface area contributed by atoms with Crippen molar-refractivity contribution < 1.29 is 4.79 Å². The standard InChI is InChI=1S/C14H22N2O/c1-14(2,3)11-6-8-12(9-7-11)15-13(17)10-16(4)5/h6-9H,10H2,1-5H3,(H,15,17). The molecule has 1 rings (SSSR count). The summed E-state index contributed by atoms with van der Waals surface area (Å²) in [6.07, 6.45) is 0. The number of hydrogen-bond acceptors (Lipinski definition) is 2. The van der Waals surface area contributed by atoms with E-state index in [0.717, 1.165) is 5.69 Å². The molecule has 0 saturated heterocycles. The van der Waals surface area contributed by atoms with Crippen molar-refractivity contribution in [2.75, 3.05) is 26.0 Å². The van der Waals surface area contributed by atoms with Crippen LogP contribution >= 0.6 is 0 Å². The smallest absolute Gasteiger partial charge is 0.238 e. The van der Waals surface area contributed by atoms with E-state index < -0.39 is 0 Å². The normalized spacial score (nSPS) is 11.6. The van der Waals surface area contributed by atoms with Gasteiger partial charge in [-0.2, -0.15) is 0 Å². The fourth-order valence-electron chi connectivity index (χ4n) is 1.54. The first-order valence-electron chi connectivity index (χ1n) is 5.84. The van der Waals surface area contributed by atoms with Crippen LogP contribution in [0.5, 0.6) is 0 Å². The molecule has 0 atom stereocenters. The van der Waals surface area contributed by atoms with Crippen LogP contribution in [0.15, 0.2) is 24.3 Å². The molecule has 0 aliphatic rings. The van der Waals surface area contributed by atoms with E-state index in [1.807, 2.05) is 31.1 Å². The molecule has 0 unspecified atom stereocenters. The molecule has 0 saturated carbocycles. The molecule has 0 bridgehead atoms. The van der Waals surface area contributed by atoms with Crippen LogP contribution in [-0.2, 0) is 10.2 Å². The van der Waals surface area contributed by atoms with Crippen molar-refractivity contribution in [3.63, 3.8) is 0 Å². The number of amides is 1. The van der Waals surface area contributed by atoms with Crippen molar-refractivity contribution in [1.29, 1.82) is 0 Å². The van der Waals surface area contributed by atoms with Gasteiger partial charge in [0.05, 0.1) is 6.54 Å². The minimum atomic E-state index is 0.0125.